The predicted molar refractivity (Wildman–Crippen MR) is 139 cm³/mol. The van der Waals surface area contributed by atoms with Crippen molar-refractivity contribution in [3.05, 3.63) is 65.4 Å². The largest absolute Gasteiger partial charge is 0.497 e. The predicted octanol–water partition coefficient (Wildman–Crippen LogP) is 5.31. The van der Waals surface area contributed by atoms with Crippen LogP contribution in [0.3, 0.4) is 0 Å². The molecule has 0 radical (unpaired) electrons. The van der Waals surface area contributed by atoms with Gasteiger partial charge in [-0.3, -0.25) is 14.5 Å². The fraction of sp³-hybridized carbons (Fsp3) is 0.370. The molecule has 0 bridgehead atoms. The van der Waals surface area contributed by atoms with Crippen molar-refractivity contribution in [1.29, 1.82) is 0 Å². The van der Waals surface area contributed by atoms with E-state index in [1.807, 2.05) is 42.2 Å². The van der Waals surface area contributed by atoms with Gasteiger partial charge in [0.25, 0.3) is 5.91 Å². The van der Waals surface area contributed by atoms with E-state index in [1.165, 1.54) is 17.3 Å². The number of likely N-dealkylation sites (tertiary alicyclic amines) is 1. The van der Waals surface area contributed by atoms with Crippen molar-refractivity contribution in [3.8, 4) is 5.75 Å². The molecule has 6 nitrogen and oxygen atoms in total. The van der Waals surface area contributed by atoms with Gasteiger partial charge in [-0.25, -0.2) is 4.99 Å². The Labute approximate surface area is 205 Å². The molecular weight excluding hydrogens is 446 g/mol. The van der Waals surface area contributed by atoms with Crippen molar-refractivity contribution >= 4 is 40.5 Å². The molecule has 2 aromatic carbocycles. The highest BCUT2D eigenvalue weighted by Gasteiger charge is 2.35. The Morgan fingerprint density at radius 2 is 1.79 bits per heavy atom. The van der Waals surface area contributed by atoms with Gasteiger partial charge >= 0.3 is 0 Å². The molecule has 0 aliphatic carbocycles. The number of nitrogens with zero attached hydrogens (tertiary/aromatic N) is 3. The molecule has 1 atom stereocenters. The van der Waals surface area contributed by atoms with Gasteiger partial charge in [-0.05, 0) is 55.0 Å². The zero-order valence-electron chi connectivity index (χ0n) is 20.2. The van der Waals surface area contributed by atoms with Crippen molar-refractivity contribution in [2.75, 3.05) is 25.1 Å². The van der Waals surface area contributed by atoms with Crippen LogP contribution in [0.4, 0.5) is 5.69 Å². The van der Waals surface area contributed by atoms with Crippen molar-refractivity contribution in [1.82, 2.24) is 4.90 Å². The number of anilines is 1. The molecule has 1 fully saturated rings. The maximum Gasteiger partial charge on any atom is 0.283 e. The second kappa shape index (κ2) is 10.5. The first-order valence-electron chi connectivity index (χ1n) is 11.7. The number of carbonyl (C=O) groups excluding carboxylic acids is 2. The summed E-state index contributed by atoms with van der Waals surface area (Å²) in [6.45, 7) is 7.78. The Hall–Kier alpha value is -3.06. The third kappa shape index (κ3) is 5.20. The topological polar surface area (TPSA) is 62.2 Å². The van der Waals surface area contributed by atoms with E-state index in [9.17, 15) is 9.59 Å². The lowest BCUT2D eigenvalue weighted by atomic mass is 10.0. The summed E-state index contributed by atoms with van der Waals surface area (Å²) in [6.07, 6.45) is 3.89. The van der Waals surface area contributed by atoms with E-state index >= 15 is 0 Å². The lowest BCUT2D eigenvalue weighted by Gasteiger charge is -2.23. The van der Waals surface area contributed by atoms with Crippen LogP contribution in [0.1, 0.15) is 50.7 Å². The number of methoxy groups -OCH3 is 1. The van der Waals surface area contributed by atoms with Crippen molar-refractivity contribution in [2.24, 2.45) is 4.99 Å². The molecule has 2 aliphatic heterocycles. The van der Waals surface area contributed by atoms with Crippen molar-refractivity contribution in [3.63, 3.8) is 0 Å². The number of aliphatic imine (C=N–C) groups is 1. The van der Waals surface area contributed by atoms with Gasteiger partial charge < -0.3 is 9.64 Å². The lowest BCUT2D eigenvalue weighted by Crippen LogP contribution is -2.37. The first-order chi connectivity index (χ1) is 16.4. The van der Waals surface area contributed by atoms with Crippen molar-refractivity contribution < 1.29 is 14.3 Å². The number of rotatable bonds is 6. The van der Waals surface area contributed by atoms with Gasteiger partial charge in [-0.15, -0.1) is 0 Å². The van der Waals surface area contributed by atoms with Crippen LogP contribution in [0.25, 0.3) is 6.08 Å². The molecule has 178 valence electrons. The number of carbonyl (C=O) groups is 2. The summed E-state index contributed by atoms with van der Waals surface area (Å²) in [5.41, 5.74) is 3.17. The highest BCUT2D eigenvalue weighted by Crippen LogP contribution is 2.33. The average Bonchev–Trinajstić information content (AvgIpc) is 3.47. The van der Waals surface area contributed by atoms with Gasteiger partial charge in [0.2, 0.25) is 5.91 Å². The average molecular weight is 478 g/mol. The maximum atomic E-state index is 13.5. The van der Waals surface area contributed by atoms with Crippen LogP contribution in [0.15, 0.2) is 59.2 Å². The Kier molecular flexibility index (Phi) is 7.41. The highest BCUT2D eigenvalue weighted by atomic mass is 32.2. The van der Waals surface area contributed by atoms with Crippen LogP contribution in [0, 0.1) is 0 Å². The summed E-state index contributed by atoms with van der Waals surface area (Å²) in [5.74, 6) is 0.959. The first-order valence-corrected chi connectivity index (χ1v) is 12.6. The minimum absolute atomic E-state index is 0.0879. The SMILES string of the molecule is COc1cccc(N2C(=O)/C(=C\c3ccc(C(C)C)cc3)N=C2SC(C)C(=O)N2CCCC2)c1. The first kappa shape index (κ1) is 24.1. The normalized spacial score (nSPS) is 18.1. The van der Waals surface area contributed by atoms with Crippen LogP contribution < -0.4 is 9.64 Å². The molecule has 2 aliphatic rings. The van der Waals surface area contributed by atoms with E-state index in [2.05, 4.69) is 31.0 Å². The summed E-state index contributed by atoms with van der Waals surface area (Å²) < 4.78 is 5.36. The Bertz CT molecular complexity index is 1120. The third-order valence-corrected chi connectivity index (χ3v) is 7.14. The molecule has 0 saturated carbocycles. The van der Waals surface area contributed by atoms with Crippen LogP contribution in [-0.4, -0.2) is 47.3 Å². The van der Waals surface area contributed by atoms with E-state index in [1.54, 1.807) is 24.2 Å². The molecule has 1 unspecified atom stereocenters. The van der Waals surface area contributed by atoms with Crippen LogP contribution in [-0.2, 0) is 9.59 Å². The number of amides is 2. The monoisotopic (exact) mass is 477 g/mol. The highest BCUT2D eigenvalue weighted by molar-refractivity contribution is 8.15. The standard InChI is InChI=1S/C27H31N3O3S/c1-18(2)21-12-10-20(11-13-21)16-24-26(32)30(22-8-7-9-23(17-22)33-4)27(28-24)34-19(3)25(31)29-14-5-6-15-29/h7-13,16-19H,5-6,14-15H2,1-4H3/b24-16+. The number of benzene rings is 2. The van der Waals surface area contributed by atoms with Crippen LogP contribution in [0.5, 0.6) is 5.75 Å². The number of thioether (sulfide) groups is 1. The van der Waals surface area contributed by atoms with Gasteiger partial charge in [0.15, 0.2) is 5.17 Å². The summed E-state index contributed by atoms with van der Waals surface area (Å²) >= 11 is 1.33. The van der Waals surface area contributed by atoms with E-state index in [0.29, 0.717) is 28.2 Å². The molecule has 1 saturated heterocycles. The van der Waals surface area contributed by atoms with Gasteiger partial charge in [0.1, 0.15) is 11.4 Å². The smallest absolute Gasteiger partial charge is 0.283 e. The van der Waals surface area contributed by atoms with Gasteiger partial charge in [-0.2, -0.15) is 0 Å². The molecule has 2 heterocycles. The van der Waals surface area contributed by atoms with Gasteiger partial charge in [0, 0.05) is 19.2 Å². The molecule has 2 aromatic rings. The Balaban J connectivity index is 1.65. The fourth-order valence-corrected chi connectivity index (χ4v) is 5.10. The van der Waals surface area contributed by atoms with Crippen LogP contribution in [0.2, 0.25) is 0 Å². The molecule has 4 rings (SSSR count). The van der Waals surface area contributed by atoms with E-state index in [0.717, 1.165) is 31.5 Å². The summed E-state index contributed by atoms with van der Waals surface area (Å²) in [4.78, 5) is 34.6. The summed E-state index contributed by atoms with van der Waals surface area (Å²) in [5, 5.41) is 0.158. The lowest BCUT2D eigenvalue weighted by molar-refractivity contribution is -0.129. The number of hydrogen-bond donors (Lipinski definition) is 0. The van der Waals surface area contributed by atoms with E-state index in [4.69, 9.17) is 4.74 Å². The molecular formula is C27H31N3O3S. The van der Waals surface area contributed by atoms with Gasteiger partial charge in [-0.1, -0.05) is 55.9 Å². The minimum atomic E-state index is -0.345. The summed E-state index contributed by atoms with van der Waals surface area (Å²) in [6, 6.07) is 15.5. The summed E-state index contributed by atoms with van der Waals surface area (Å²) in [7, 11) is 1.59. The van der Waals surface area contributed by atoms with Crippen molar-refractivity contribution in [2.45, 2.75) is 44.8 Å². The number of amidine groups is 1. The zero-order valence-corrected chi connectivity index (χ0v) is 21.0. The van der Waals surface area contributed by atoms with Gasteiger partial charge in [0.05, 0.1) is 18.0 Å². The van der Waals surface area contributed by atoms with E-state index < -0.39 is 0 Å². The molecule has 0 N–H and O–H groups in total. The second-order valence-corrected chi connectivity index (χ2v) is 10.2. The number of ether oxygens (including phenoxy) is 1. The van der Waals surface area contributed by atoms with Crippen LogP contribution >= 0.6 is 11.8 Å². The molecule has 0 spiro atoms. The van der Waals surface area contributed by atoms with E-state index in [-0.39, 0.29) is 17.1 Å². The molecule has 2 amide bonds. The molecule has 0 aromatic heterocycles. The second-order valence-electron chi connectivity index (χ2n) is 8.88. The third-order valence-electron chi connectivity index (χ3n) is 6.10. The zero-order chi connectivity index (χ0) is 24.2. The fourth-order valence-electron chi connectivity index (χ4n) is 4.09. The molecule has 7 heteroatoms. The Morgan fingerprint density at radius 1 is 1.09 bits per heavy atom. The maximum absolute atomic E-state index is 13.5. The quantitative estimate of drug-likeness (QED) is 0.529. The minimum Gasteiger partial charge on any atom is -0.497 e. The molecule has 34 heavy (non-hydrogen) atoms. The number of hydrogen-bond acceptors (Lipinski definition) is 5. The Morgan fingerprint density at radius 3 is 2.44 bits per heavy atom.